The number of ether oxygens (including phenoxy) is 1. The van der Waals surface area contributed by atoms with Gasteiger partial charge in [0.25, 0.3) is 0 Å². The second-order valence-electron chi connectivity index (χ2n) is 8.88. The summed E-state index contributed by atoms with van der Waals surface area (Å²) < 4.78 is 21.1. The van der Waals surface area contributed by atoms with Gasteiger partial charge in [0.15, 0.2) is 0 Å². The highest BCUT2D eigenvalue weighted by Gasteiger charge is 2.27. The van der Waals surface area contributed by atoms with Gasteiger partial charge in [-0.2, -0.15) is 0 Å². The second kappa shape index (κ2) is 10.3. The van der Waals surface area contributed by atoms with E-state index in [0.29, 0.717) is 26.2 Å². The summed E-state index contributed by atoms with van der Waals surface area (Å²) >= 11 is 0. The Morgan fingerprint density at radius 1 is 1.09 bits per heavy atom. The Morgan fingerprint density at radius 2 is 1.85 bits per heavy atom. The zero-order chi connectivity index (χ0) is 23.3. The minimum atomic E-state index is -0.255. The molecule has 2 aliphatic rings. The summed E-state index contributed by atoms with van der Waals surface area (Å²) in [5.74, 6) is -0.255. The van der Waals surface area contributed by atoms with E-state index in [-0.39, 0.29) is 24.0 Å². The minimum Gasteiger partial charge on any atom is -0.365 e. The van der Waals surface area contributed by atoms with Gasteiger partial charge in [-0.15, -0.1) is 5.10 Å². The lowest BCUT2D eigenvalue weighted by Gasteiger charge is -2.32. The number of carbonyl (C=O) groups excluding carboxylic acids is 1. The van der Waals surface area contributed by atoms with Crippen molar-refractivity contribution in [2.45, 2.75) is 51.2 Å². The van der Waals surface area contributed by atoms with Crippen LogP contribution in [-0.2, 0) is 31.0 Å². The number of nitrogens with zero attached hydrogens (tertiary/aromatic N) is 4. The molecule has 0 radical (unpaired) electrons. The predicted octanol–water partition coefficient (Wildman–Crippen LogP) is 3.15. The van der Waals surface area contributed by atoms with Gasteiger partial charge in [-0.05, 0) is 36.1 Å². The Hall–Kier alpha value is -3.30. The lowest BCUT2D eigenvalue weighted by atomic mass is 10.0. The Labute approximate surface area is 198 Å². The van der Waals surface area contributed by atoms with Crippen LogP contribution in [0.1, 0.15) is 41.5 Å². The largest absolute Gasteiger partial charge is 0.365 e. The van der Waals surface area contributed by atoms with Crippen molar-refractivity contribution in [1.82, 2.24) is 30.5 Å². The van der Waals surface area contributed by atoms with Gasteiger partial charge in [0.1, 0.15) is 17.6 Å². The summed E-state index contributed by atoms with van der Waals surface area (Å²) in [5, 5.41) is 14.8. The second-order valence-corrected chi connectivity index (χ2v) is 8.88. The molecule has 2 amide bonds. The van der Waals surface area contributed by atoms with E-state index in [0.717, 1.165) is 48.4 Å². The first kappa shape index (κ1) is 22.5. The number of fused-ring (bicyclic) bond motifs is 1. The first-order chi connectivity index (χ1) is 16.6. The highest BCUT2D eigenvalue weighted by molar-refractivity contribution is 5.74. The van der Waals surface area contributed by atoms with E-state index in [9.17, 15) is 9.18 Å². The molecule has 0 aliphatic carbocycles. The number of aromatic nitrogens is 3. The number of nitrogens with one attached hydrogen (secondary N) is 2. The van der Waals surface area contributed by atoms with Crippen LogP contribution in [0.25, 0.3) is 0 Å². The van der Waals surface area contributed by atoms with Crippen molar-refractivity contribution in [3.63, 3.8) is 0 Å². The van der Waals surface area contributed by atoms with Gasteiger partial charge >= 0.3 is 6.03 Å². The third-order valence-corrected chi connectivity index (χ3v) is 6.51. The number of rotatable bonds is 6. The summed E-state index contributed by atoms with van der Waals surface area (Å²) in [5.41, 5.74) is 3.95. The molecular weight excluding hydrogens is 435 g/mol. The Kier molecular flexibility index (Phi) is 6.82. The summed E-state index contributed by atoms with van der Waals surface area (Å²) in [6.45, 7) is 4.01. The van der Waals surface area contributed by atoms with E-state index in [4.69, 9.17) is 4.74 Å². The molecule has 3 heterocycles. The van der Waals surface area contributed by atoms with E-state index in [1.807, 2.05) is 35.0 Å². The number of benzene rings is 2. The van der Waals surface area contributed by atoms with E-state index in [2.05, 4.69) is 25.8 Å². The molecule has 1 aromatic heterocycles. The highest BCUT2D eigenvalue weighted by Crippen LogP contribution is 2.27. The summed E-state index contributed by atoms with van der Waals surface area (Å²) in [4.78, 5) is 14.6. The summed E-state index contributed by atoms with van der Waals surface area (Å²) in [6.07, 6.45) is 1.63. The molecule has 2 aromatic carbocycles. The number of piperidine rings is 1. The van der Waals surface area contributed by atoms with Gasteiger partial charge in [-0.3, -0.25) is 4.90 Å². The van der Waals surface area contributed by atoms with Gasteiger partial charge in [-0.1, -0.05) is 47.7 Å². The van der Waals surface area contributed by atoms with Crippen molar-refractivity contribution < 1.29 is 13.9 Å². The fourth-order valence-electron chi connectivity index (χ4n) is 4.53. The molecule has 2 N–H and O–H groups in total. The molecule has 3 aromatic rings. The Bertz CT molecular complexity index is 1100. The lowest BCUT2D eigenvalue weighted by Crippen LogP contribution is -2.47. The fraction of sp³-hybridized carbons (Fsp3) is 0.400. The normalized spacial score (nSPS) is 18.9. The van der Waals surface area contributed by atoms with E-state index >= 15 is 0 Å². The molecule has 5 rings (SSSR count). The molecule has 9 heteroatoms. The van der Waals surface area contributed by atoms with Crippen molar-refractivity contribution in [1.29, 1.82) is 0 Å². The Morgan fingerprint density at radius 3 is 2.62 bits per heavy atom. The molecule has 178 valence electrons. The number of carbonyl (C=O) groups is 1. The summed E-state index contributed by atoms with van der Waals surface area (Å²) in [6, 6.07) is 16.3. The zero-order valence-electron chi connectivity index (χ0n) is 19.0. The maximum Gasteiger partial charge on any atom is 0.315 e. The average Bonchev–Trinajstić information content (AvgIpc) is 3.27. The molecule has 1 saturated heterocycles. The topological polar surface area (TPSA) is 84.3 Å². The molecule has 1 unspecified atom stereocenters. The maximum absolute atomic E-state index is 13.2. The van der Waals surface area contributed by atoms with Crippen molar-refractivity contribution in [3.8, 4) is 0 Å². The predicted molar refractivity (Wildman–Crippen MR) is 124 cm³/mol. The molecule has 0 spiro atoms. The van der Waals surface area contributed by atoms with Crippen molar-refractivity contribution >= 4 is 6.03 Å². The monoisotopic (exact) mass is 464 g/mol. The molecule has 0 saturated carbocycles. The van der Waals surface area contributed by atoms with Gasteiger partial charge in [0.2, 0.25) is 0 Å². The summed E-state index contributed by atoms with van der Waals surface area (Å²) in [7, 11) is 0. The van der Waals surface area contributed by atoms with Crippen LogP contribution in [0, 0.1) is 5.82 Å². The highest BCUT2D eigenvalue weighted by atomic mass is 19.1. The third kappa shape index (κ3) is 5.43. The Balaban J connectivity index is 1.08. The van der Waals surface area contributed by atoms with Crippen LogP contribution < -0.4 is 10.6 Å². The SMILES string of the molecule is O=C(NCc1ccccc1)NC1CCN(Cc2nnn3c2COC(c2ccc(F)cc2)C3)CC1. The van der Waals surface area contributed by atoms with Gasteiger partial charge in [0, 0.05) is 32.2 Å². The van der Waals surface area contributed by atoms with Crippen LogP contribution in [0.15, 0.2) is 54.6 Å². The molecule has 2 aliphatic heterocycles. The van der Waals surface area contributed by atoms with Crippen LogP contribution in [-0.4, -0.2) is 45.1 Å². The molecule has 8 nitrogen and oxygen atoms in total. The number of halogens is 1. The van der Waals surface area contributed by atoms with Gasteiger partial charge in [0.05, 0.1) is 18.8 Å². The maximum atomic E-state index is 13.2. The first-order valence-electron chi connectivity index (χ1n) is 11.7. The van der Waals surface area contributed by atoms with Crippen molar-refractivity contribution in [2.75, 3.05) is 13.1 Å². The van der Waals surface area contributed by atoms with Crippen molar-refractivity contribution in [2.24, 2.45) is 0 Å². The quantitative estimate of drug-likeness (QED) is 0.586. The lowest BCUT2D eigenvalue weighted by molar-refractivity contribution is -0.00219. The van der Waals surface area contributed by atoms with Crippen molar-refractivity contribution in [3.05, 3.63) is 82.9 Å². The number of urea groups is 1. The molecule has 34 heavy (non-hydrogen) atoms. The average molecular weight is 465 g/mol. The van der Waals surface area contributed by atoms with Gasteiger partial charge < -0.3 is 15.4 Å². The number of hydrogen-bond donors (Lipinski definition) is 2. The number of amides is 2. The van der Waals surface area contributed by atoms with Crippen LogP contribution in [0.5, 0.6) is 0 Å². The smallest absolute Gasteiger partial charge is 0.315 e. The molecule has 1 atom stereocenters. The van der Waals surface area contributed by atoms with Gasteiger partial charge in [-0.25, -0.2) is 13.9 Å². The van der Waals surface area contributed by atoms with E-state index in [1.165, 1.54) is 12.1 Å². The molecule has 0 bridgehead atoms. The van der Waals surface area contributed by atoms with E-state index < -0.39 is 0 Å². The standard InChI is InChI=1S/C25H29FN6O2/c26-20-8-6-19(7-9-20)24-16-32-23(17-34-24)22(29-30-32)15-31-12-10-21(11-13-31)28-25(33)27-14-18-4-2-1-3-5-18/h1-9,21,24H,10-17H2,(H2,27,28,33). The molecule has 1 fully saturated rings. The zero-order valence-corrected chi connectivity index (χ0v) is 19.0. The minimum absolute atomic E-state index is 0.123. The number of likely N-dealkylation sites (tertiary alicyclic amines) is 1. The third-order valence-electron chi connectivity index (χ3n) is 6.51. The van der Waals surface area contributed by atoms with E-state index in [1.54, 1.807) is 12.1 Å². The molecular formula is C25H29FN6O2. The fourth-order valence-corrected chi connectivity index (χ4v) is 4.53. The van der Waals surface area contributed by atoms with Crippen LogP contribution in [0.3, 0.4) is 0 Å². The van der Waals surface area contributed by atoms with Crippen LogP contribution in [0.4, 0.5) is 9.18 Å². The number of hydrogen-bond acceptors (Lipinski definition) is 5. The van der Waals surface area contributed by atoms with Crippen LogP contribution in [0.2, 0.25) is 0 Å². The first-order valence-corrected chi connectivity index (χ1v) is 11.7. The van der Waals surface area contributed by atoms with Crippen LogP contribution >= 0.6 is 0 Å².